The highest BCUT2D eigenvalue weighted by Crippen LogP contribution is 2.48. The van der Waals surface area contributed by atoms with Gasteiger partial charge in [-0.05, 0) is 105 Å². The Morgan fingerprint density at radius 2 is 0.984 bits per heavy atom. The lowest BCUT2D eigenvalue weighted by molar-refractivity contribution is 0.669. The SMILES string of the molecule is c1ccc(-c2cccc(-n3c4cccc(N(c5ccc6ccccc6c5)c5ccc6c(c5)oc5ccccc56)c4c4cc(-c5ccccc5)cc(-c5ccccc5)c43)c2)cc1. The Kier molecular flexibility index (Phi) is 8.17. The molecule has 0 unspecified atom stereocenters. The van der Waals surface area contributed by atoms with Crippen LogP contribution in [0, 0.1) is 0 Å². The lowest BCUT2D eigenvalue weighted by Crippen LogP contribution is -2.10. The van der Waals surface area contributed by atoms with E-state index in [1.54, 1.807) is 0 Å². The molecule has 2 heterocycles. The maximum atomic E-state index is 6.55. The van der Waals surface area contributed by atoms with Crippen LogP contribution in [0.4, 0.5) is 17.1 Å². The van der Waals surface area contributed by atoms with Gasteiger partial charge in [0.15, 0.2) is 0 Å². The summed E-state index contributed by atoms with van der Waals surface area (Å²) in [6, 6.07) is 83.1. The predicted octanol–water partition coefficient (Wildman–Crippen LogP) is 16.3. The van der Waals surface area contributed by atoms with Crippen molar-refractivity contribution in [3.05, 3.63) is 231 Å². The number of aromatic nitrogens is 1. The summed E-state index contributed by atoms with van der Waals surface area (Å²) < 4.78 is 9.04. The van der Waals surface area contributed by atoms with Crippen LogP contribution < -0.4 is 4.90 Å². The molecule has 2 aromatic heterocycles. The minimum absolute atomic E-state index is 0.856. The number of hydrogen-bond acceptors (Lipinski definition) is 2. The van der Waals surface area contributed by atoms with Crippen molar-refractivity contribution >= 4 is 71.6 Å². The van der Waals surface area contributed by atoms with Crippen LogP contribution in [0.2, 0.25) is 0 Å². The summed E-state index contributed by atoms with van der Waals surface area (Å²) in [7, 11) is 0. The molecule has 286 valence electrons. The Morgan fingerprint density at radius 1 is 0.361 bits per heavy atom. The Hall–Kier alpha value is -8.14. The lowest BCUT2D eigenvalue weighted by atomic mass is 9.95. The minimum atomic E-state index is 0.856. The first-order chi connectivity index (χ1) is 30.2. The molecule has 0 bridgehead atoms. The second-order valence-electron chi connectivity index (χ2n) is 15.7. The van der Waals surface area contributed by atoms with Crippen molar-refractivity contribution in [2.24, 2.45) is 0 Å². The fraction of sp³-hybridized carbons (Fsp3) is 0. The Labute approximate surface area is 353 Å². The normalized spacial score (nSPS) is 11.6. The average Bonchev–Trinajstić information content (AvgIpc) is 3.88. The molecule has 12 rings (SSSR count). The minimum Gasteiger partial charge on any atom is -0.456 e. The number of anilines is 3. The maximum Gasteiger partial charge on any atom is 0.137 e. The molecule has 0 amide bonds. The monoisotopic (exact) mass is 778 g/mol. The van der Waals surface area contributed by atoms with Crippen molar-refractivity contribution < 1.29 is 4.42 Å². The number of fused-ring (bicyclic) bond motifs is 7. The standard InChI is InChI=1S/C58H38N2O/c1-4-16-39(17-5-1)44-24-14-25-46(34-44)60-54-28-15-27-53(57(54)52-37-45(40-18-6-2-7-19-40)36-51(58(52)60)42-21-8-3-9-22-42)59(47-31-30-41-20-10-11-23-43(41)35-47)48-32-33-50-49-26-12-13-29-55(49)61-56(50)38-48/h1-38H. The summed E-state index contributed by atoms with van der Waals surface area (Å²) in [6.45, 7) is 0. The van der Waals surface area contributed by atoms with E-state index in [1.165, 1.54) is 44.0 Å². The molecule has 3 heteroatoms. The Balaban J connectivity index is 1.21. The van der Waals surface area contributed by atoms with Crippen molar-refractivity contribution in [3.63, 3.8) is 0 Å². The molecule has 0 saturated heterocycles. The molecule has 0 radical (unpaired) electrons. The van der Waals surface area contributed by atoms with Gasteiger partial charge in [0.25, 0.3) is 0 Å². The summed E-state index contributed by atoms with van der Waals surface area (Å²) in [5, 5.41) is 6.94. The zero-order chi connectivity index (χ0) is 40.3. The second-order valence-corrected chi connectivity index (χ2v) is 15.7. The topological polar surface area (TPSA) is 21.3 Å². The van der Waals surface area contributed by atoms with Crippen LogP contribution in [0.25, 0.3) is 93.6 Å². The third-order valence-corrected chi connectivity index (χ3v) is 12.1. The number of benzene rings is 10. The molecule has 10 aromatic carbocycles. The van der Waals surface area contributed by atoms with Crippen LogP contribution in [-0.2, 0) is 0 Å². The van der Waals surface area contributed by atoms with Crippen molar-refractivity contribution in [1.29, 1.82) is 0 Å². The number of furan rings is 1. The van der Waals surface area contributed by atoms with Gasteiger partial charge in [-0.1, -0.05) is 158 Å². The van der Waals surface area contributed by atoms with Crippen LogP contribution in [0.1, 0.15) is 0 Å². The fourth-order valence-electron chi connectivity index (χ4n) is 9.32. The van der Waals surface area contributed by atoms with Crippen LogP contribution in [0.3, 0.4) is 0 Å². The summed E-state index contributed by atoms with van der Waals surface area (Å²) in [6.07, 6.45) is 0. The summed E-state index contributed by atoms with van der Waals surface area (Å²) in [4.78, 5) is 2.42. The zero-order valence-corrected chi connectivity index (χ0v) is 33.2. The molecule has 0 N–H and O–H groups in total. The highest BCUT2D eigenvalue weighted by atomic mass is 16.3. The number of nitrogens with zero attached hydrogens (tertiary/aromatic N) is 2. The van der Waals surface area contributed by atoms with E-state index in [2.05, 4.69) is 228 Å². The quantitative estimate of drug-likeness (QED) is 0.161. The first-order valence-electron chi connectivity index (χ1n) is 20.8. The summed E-state index contributed by atoms with van der Waals surface area (Å²) in [5.41, 5.74) is 15.3. The maximum absolute atomic E-state index is 6.55. The Bertz CT molecular complexity index is 3580. The molecule has 0 saturated carbocycles. The van der Waals surface area contributed by atoms with Gasteiger partial charge in [-0.2, -0.15) is 0 Å². The van der Waals surface area contributed by atoms with Crippen LogP contribution in [0.5, 0.6) is 0 Å². The van der Waals surface area contributed by atoms with E-state index in [-0.39, 0.29) is 0 Å². The number of hydrogen-bond donors (Lipinski definition) is 0. The van der Waals surface area contributed by atoms with Gasteiger partial charge in [0.2, 0.25) is 0 Å². The van der Waals surface area contributed by atoms with Crippen molar-refractivity contribution in [2.75, 3.05) is 4.90 Å². The summed E-state index contributed by atoms with van der Waals surface area (Å²) in [5.74, 6) is 0. The van der Waals surface area contributed by atoms with E-state index in [0.717, 1.165) is 66.7 Å². The Morgan fingerprint density at radius 3 is 1.79 bits per heavy atom. The molecular formula is C58H38N2O. The van der Waals surface area contributed by atoms with E-state index in [1.807, 2.05) is 12.1 Å². The number of para-hydroxylation sites is 1. The smallest absolute Gasteiger partial charge is 0.137 e. The first kappa shape index (κ1) is 34.9. The highest BCUT2D eigenvalue weighted by molar-refractivity contribution is 6.21. The van der Waals surface area contributed by atoms with E-state index in [0.29, 0.717) is 0 Å². The van der Waals surface area contributed by atoms with E-state index in [4.69, 9.17) is 4.42 Å². The molecule has 3 nitrogen and oxygen atoms in total. The van der Waals surface area contributed by atoms with Crippen molar-refractivity contribution in [1.82, 2.24) is 4.57 Å². The largest absolute Gasteiger partial charge is 0.456 e. The van der Waals surface area contributed by atoms with Gasteiger partial charge in [-0.3, -0.25) is 0 Å². The van der Waals surface area contributed by atoms with Crippen molar-refractivity contribution in [2.45, 2.75) is 0 Å². The van der Waals surface area contributed by atoms with Gasteiger partial charge >= 0.3 is 0 Å². The number of rotatable bonds is 7. The molecule has 0 aliphatic carbocycles. The summed E-state index contributed by atoms with van der Waals surface area (Å²) >= 11 is 0. The van der Waals surface area contributed by atoms with Crippen LogP contribution in [-0.4, -0.2) is 4.57 Å². The van der Waals surface area contributed by atoms with Gasteiger partial charge in [-0.15, -0.1) is 0 Å². The second kappa shape index (κ2) is 14.3. The van der Waals surface area contributed by atoms with Crippen molar-refractivity contribution in [3.8, 4) is 39.1 Å². The highest BCUT2D eigenvalue weighted by Gasteiger charge is 2.25. The van der Waals surface area contributed by atoms with Gasteiger partial charge < -0.3 is 13.9 Å². The molecule has 0 aliphatic heterocycles. The molecule has 12 aromatic rings. The lowest BCUT2D eigenvalue weighted by Gasteiger charge is -2.27. The van der Waals surface area contributed by atoms with Crippen LogP contribution >= 0.6 is 0 Å². The fourth-order valence-corrected chi connectivity index (χ4v) is 9.32. The zero-order valence-electron chi connectivity index (χ0n) is 33.2. The van der Waals surface area contributed by atoms with Gasteiger partial charge in [0.1, 0.15) is 11.2 Å². The molecule has 0 aliphatic rings. The predicted molar refractivity (Wildman–Crippen MR) is 257 cm³/mol. The van der Waals surface area contributed by atoms with Gasteiger partial charge in [-0.25, -0.2) is 0 Å². The molecule has 61 heavy (non-hydrogen) atoms. The van der Waals surface area contributed by atoms with E-state index >= 15 is 0 Å². The average molecular weight is 779 g/mol. The molecule has 0 spiro atoms. The third kappa shape index (κ3) is 5.90. The van der Waals surface area contributed by atoms with Gasteiger partial charge in [0.05, 0.1) is 16.7 Å². The molecule has 0 atom stereocenters. The van der Waals surface area contributed by atoms with E-state index < -0.39 is 0 Å². The van der Waals surface area contributed by atoms with Crippen LogP contribution in [0.15, 0.2) is 235 Å². The van der Waals surface area contributed by atoms with E-state index in [9.17, 15) is 0 Å². The first-order valence-corrected chi connectivity index (χ1v) is 20.8. The molecular weight excluding hydrogens is 741 g/mol. The third-order valence-electron chi connectivity index (χ3n) is 12.1. The molecule has 0 fully saturated rings. The van der Waals surface area contributed by atoms with Gasteiger partial charge in [0, 0.05) is 50.2 Å².